The standard InChI is InChI=1S/C14H21N3O/c1-11-6-5-9-17(11)13(10-14(15)16-18)12-7-3-2-4-8-12/h2-4,7-8,11,13,18H,5-6,9-10H2,1H3,(H2,15,16). The van der Waals surface area contributed by atoms with E-state index in [9.17, 15) is 0 Å². The van der Waals surface area contributed by atoms with Crippen LogP contribution in [0.25, 0.3) is 0 Å². The Balaban J connectivity index is 2.23. The Hall–Kier alpha value is -1.55. The molecule has 98 valence electrons. The fourth-order valence-corrected chi connectivity index (χ4v) is 2.76. The third kappa shape index (κ3) is 2.82. The Morgan fingerprint density at radius 3 is 2.78 bits per heavy atom. The molecule has 1 aromatic carbocycles. The van der Waals surface area contributed by atoms with Crippen molar-refractivity contribution in [3.05, 3.63) is 35.9 Å². The van der Waals surface area contributed by atoms with Crippen LogP contribution in [-0.4, -0.2) is 28.5 Å². The van der Waals surface area contributed by atoms with Gasteiger partial charge in [-0.2, -0.15) is 0 Å². The highest BCUT2D eigenvalue weighted by molar-refractivity contribution is 5.80. The van der Waals surface area contributed by atoms with Crippen LogP contribution in [0.15, 0.2) is 35.5 Å². The lowest BCUT2D eigenvalue weighted by atomic mass is 10.0. The smallest absolute Gasteiger partial charge is 0.141 e. The molecule has 1 aliphatic rings. The van der Waals surface area contributed by atoms with Gasteiger partial charge in [0.2, 0.25) is 0 Å². The molecule has 1 saturated heterocycles. The van der Waals surface area contributed by atoms with E-state index in [0.29, 0.717) is 18.3 Å². The average molecular weight is 247 g/mol. The number of benzene rings is 1. The van der Waals surface area contributed by atoms with Gasteiger partial charge in [-0.1, -0.05) is 35.5 Å². The summed E-state index contributed by atoms with van der Waals surface area (Å²) in [5.41, 5.74) is 6.93. The minimum atomic E-state index is 0.208. The number of amidine groups is 1. The van der Waals surface area contributed by atoms with Gasteiger partial charge in [0.1, 0.15) is 5.84 Å². The highest BCUT2D eigenvalue weighted by Crippen LogP contribution is 2.31. The van der Waals surface area contributed by atoms with Gasteiger partial charge in [0.05, 0.1) is 0 Å². The number of nitrogens with zero attached hydrogens (tertiary/aromatic N) is 2. The molecule has 1 aromatic rings. The summed E-state index contributed by atoms with van der Waals surface area (Å²) in [5.74, 6) is 0.294. The average Bonchev–Trinajstić information content (AvgIpc) is 2.83. The first-order valence-electron chi connectivity index (χ1n) is 6.49. The van der Waals surface area contributed by atoms with E-state index in [2.05, 4.69) is 29.1 Å². The summed E-state index contributed by atoms with van der Waals surface area (Å²) < 4.78 is 0. The van der Waals surface area contributed by atoms with Gasteiger partial charge in [-0.3, -0.25) is 4.90 Å². The van der Waals surface area contributed by atoms with Crippen LogP contribution in [0.2, 0.25) is 0 Å². The third-order valence-corrected chi connectivity index (χ3v) is 3.72. The van der Waals surface area contributed by atoms with Crippen LogP contribution >= 0.6 is 0 Å². The van der Waals surface area contributed by atoms with Gasteiger partial charge in [-0.05, 0) is 31.9 Å². The van der Waals surface area contributed by atoms with E-state index in [1.807, 2.05) is 18.2 Å². The number of nitrogens with two attached hydrogens (primary N) is 1. The Kier molecular flexibility index (Phi) is 4.20. The molecule has 0 aromatic heterocycles. The first kappa shape index (κ1) is 12.9. The summed E-state index contributed by atoms with van der Waals surface area (Å²) in [7, 11) is 0. The van der Waals surface area contributed by atoms with Crippen molar-refractivity contribution < 1.29 is 5.21 Å². The maximum Gasteiger partial charge on any atom is 0.141 e. The minimum Gasteiger partial charge on any atom is -0.409 e. The lowest BCUT2D eigenvalue weighted by molar-refractivity contribution is 0.193. The highest BCUT2D eigenvalue weighted by atomic mass is 16.4. The van der Waals surface area contributed by atoms with Gasteiger partial charge in [-0.25, -0.2) is 0 Å². The lowest BCUT2D eigenvalue weighted by Crippen LogP contribution is -2.34. The lowest BCUT2D eigenvalue weighted by Gasteiger charge is -2.31. The van der Waals surface area contributed by atoms with E-state index < -0.39 is 0 Å². The quantitative estimate of drug-likeness (QED) is 0.371. The van der Waals surface area contributed by atoms with Crippen LogP contribution in [0.5, 0.6) is 0 Å². The molecule has 2 unspecified atom stereocenters. The summed E-state index contributed by atoms with van der Waals surface area (Å²) in [6.07, 6.45) is 3.02. The molecule has 0 spiro atoms. The molecule has 4 heteroatoms. The molecule has 1 aliphatic heterocycles. The fourth-order valence-electron chi connectivity index (χ4n) is 2.76. The van der Waals surface area contributed by atoms with Gasteiger partial charge < -0.3 is 10.9 Å². The summed E-state index contributed by atoms with van der Waals surface area (Å²) in [5, 5.41) is 11.9. The highest BCUT2D eigenvalue weighted by Gasteiger charge is 2.29. The van der Waals surface area contributed by atoms with Crippen LogP contribution in [0.3, 0.4) is 0 Å². The molecule has 0 bridgehead atoms. The topological polar surface area (TPSA) is 61.8 Å². The zero-order chi connectivity index (χ0) is 13.0. The van der Waals surface area contributed by atoms with E-state index >= 15 is 0 Å². The summed E-state index contributed by atoms with van der Waals surface area (Å²) >= 11 is 0. The Morgan fingerprint density at radius 1 is 1.50 bits per heavy atom. The van der Waals surface area contributed by atoms with Crippen LogP contribution < -0.4 is 5.73 Å². The summed E-state index contributed by atoms with van der Waals surface area (Å²) in [6.45, 7) is 3.33. The molecule has 4 nitrogen and oxygen atoms in total. The van der Waals surface area contributed by atoms with Crippen LogP contribution in [0, 0.1) is 0 Å². The predicted molar refractivity (Wildman–Crippen MR) is 72.6 cm³/mol. The SMILES string of the molecule is CC1CCCN1C(CC(N)=NO)c1ccccc1. The Morgan fingerprint density at radius 2 is 2.22 bits per heavy atom. The summed E-state index contributed by atoms with van der Waals surface area (Å²) in [4.78, 5) is 2.45. The molecular formula is C14H21N3O. The molecular weight excluding hydrogens is 226 g/mol. The fraction of sp³-hybridized carbons (Fsp3) is 0.500. The summed E-state index contributed by atoms with van der Waals surface area (Å²) in [6, 6.07) is 11.1. The van der Waals surface area contributed by atoms with Crippen molar-refractivity contribution >= 4 is 5.84 Å². The first-order valence-corrected chi connectivity index (χ1v) is 6.49. The number of oxime groups is 1. The molecule has 1 heterocycles. The van der Waals surface area contributed by atoms with Crippen LogP contribution in [0.1, 0.15) is 37.8 Å². The molecule has 0 saturated carbocycles. The maximum atomic E-state index is 8.78. The minimum absolute atomic E-state index is 0.208. The Labute approximate surface area is 108 Å². The Bertz CT molecular complexity index is 405. The van der Waals surface area contributed by atoms with Gasteiger partial charge in [0.25, 0.3) is 0 Å². The van der Waals surface area contributed by atoms with Crippen molar-refractivity contribution in [2.75, 3.05) is 6.54 Å². The predicted octanol–water partition coefficient (Wildman–Crippen LogP) is 2.35. The van der Waals surface area contributed by atoms with Gasteiger partial charge in [-0.15, -0.1) is 0 Å². The molecule has 2 rings (SSSR count). The van der Waals surface area contributed by atoms with Crippen molar-refractivity contribution in [2.45, 2.75) is 38.3 Å². The maximum absolute atomic E-state index is 8.78. The second kappa shape index (κ2) is 5.87. The van der Waals surface area contributed by atoms with Crippen molar-refractivity contribution in [1.29, 1.82) is 0 Å². The van der Waals surface area contributed by atoms with Gasteiger partial charge >= 0.3 is 0 Å². The van der Waals surface area contributed by atoms with Crippen molar-refractivity contribution in [2.24, 2.45) is 10.9 Å². The van der Waals surface area contributed by atoms with E-state index in [0.717, 1.165) is 6.54 Å². The van der Waals surface area contributed by atoms with E-state index in [1.54, 1.807) is 0 Å². The van der Waals surface area contributed by atoms with Gasteiger partial charge in [0.15, 0.2) is 0 Å². The van der Waals surface area contributed by atoms with Crippen LogP contribution in [-0.2, 0) is 0 Å². The van der Waals surface area contributed by atoms with Crippen LogP contribution in [0.4, 0.5) is 0 Å². The molecule has 0 radical (unpaired) electrons. The zero-order valence-corrected chi connectivity index (χ0v) is 10.8. The number of likely N-dealkylation sites (tertiary alicyclic amines) is 1. The van der Waals surface area contributed by atoms with Crippen molar-refractivity contribution in [3.8, 4) is 0 Å². The van der Waals surface area contributed by atoms with Gasteiger partial charge in [0, 0.05) is 18.5 Å². The third-order valence-electron chi connectivity index (χ3n) is 3.72. The van der Waals surface area contributed by atoms with E-state index in [1.165, 1.54) is 18.4 Å². The molecule has 18 heavy (non-hydrogen) atoms. The number of rotatable bonds is 4. The second-order valence-corrected chi connectivity index (χ2v) is 4.95. The molecule has 2 atom stereocenters. The number of hydrogen-bond donors (Lipinski definition) is 2. The number of hydrogen-bond acceptors (Lipinski definition) is 3. The normalized spacial score (nSPS) is 23.2. The first-order chi connectivity index (χ1) is 8.72. The largest absolute Gasteiger partial charge is 0.409 e. The van der Waals surface area contributed by atoms with Crippen molar-refractivity contribution in [1.82, 2.24) is 4.90 Å². The van der Waals surface area contributed by atoms with Crippen molar-refractivity contribution in [3.63, 3.8) is 0 Å². The van der Waals surface area contributed by atoms with E-state index in [4.69, 9.17) is 10.9 Å². The zero-order valence-electron chi connectivity index (χ0n) is 10.8. The molecule has 1 fully saturated rings. The molecule has 0 aliphatic carbocycles. The molecule has 3 N–H and O–H groups in total. The van der Waals surface area contributed by atoms with E-state index in [-0.39, 0.29) is 6.04 Å². The molecule has 0 amide bonds. The second-order valence-electron chi connectivity index (χ2n) is 4.95. The monoisotopic (exact) mass is 247 g/mol.